The Morgan fingerprint density at radius 1 is 1.21 bits per heavy atom. The van der Waals surface area contributed by atoms with Gasteiger partial charge in [-0.15, -0.1) is 0 Å². The van der Waals surface area contributed by atoms with Gasteiger partial charge in [0.15, 0.2) is 5.75 Å². The molecule has 2 aromatic heterocycles. The van der Waals surface area contributed by atoms with Crippen LogP contribution in [0.5, 0.6) is 5.75 Å². The van der Waals surface area contributed by atoms with Gasteiger partial charge in [0.25, 0.3) is 0 Å². The minimum Gasteiger partial charge on any atom is -0.494 e. The van der Waals surface area contributed by atoms with Gasteiger partial charge in [-0.25, -0.2) is 9.97 Å². The van der Waals surface area contributed by atoms with Gasteiger partial charge in [0.05, 0.1) is 19.5 Å². The highest BCUT2D eigenvalue weighted by atomic mass is 16.5. The summed E-state index contributed by atoms with van der Waals surface area (Å²) in [5.41, 5.74) is 0. The summed E-state index contributed by atoms with van der Waals surface area (Å²) in [4.78, 5) is 12.0. The van der Waals surface area contributed by atoms with Gasteiger partial charge in [0.2, 0.25) is 17.5 Å². The zero-order chi connectivity index (χ0) is 9.97. The van der Waals surface area contributed by atoms with Crippen LogP contribution in [0, 0.1) is 6.92 Å². The molecule has 0 radical (unpaired) electrons. The Morgan fingerprint density at radius 2 is 1.93 bits per heavy atom. The summed E-state index contributed by atoms with van der Waals surface area (Å²) in [5.74, 6) is 1.88. The standard InChI is InChI=1S/C8H8N4O2/c1-5-11-8(12-14-5)7-9-3-6(13-2)4-10-7/h3-4H,1-2H3. The number of hydrogen-bond donors (Lipinski definition) is 0. The summed E-state index contributed by atoms with van der Waals surface area (Å²) >= 11 is 0. The summed E-state index contributed by atoms with van der Waals surface area (Å²) in [7, 11) is 1.55. The molecule has 72 valence electrons. The molecule has 0 aliphatic heterocycles. The molecule has 2 rings (SSSR count). The van der Waals surface area contributed by atoms with Gasteiger partial charge >= 0.3 is 0 Å². The SMILES string of the molecule is COc1cnc(-c2noc(C)n2)nc1. The molecule has 0 saturated carbocycles. The maximum Gasteiger partial charge on any atom is 0.240 e. The fourth-order valence-electron chi connectivity index (χ4n) is 0.927. The van der Waals surface area contributed by atoms with E-state index in [-0.39, 0.29) is 0 Å². The Bertz CT molecular complexity index is 423. The van der Waals surface area contributed by atoms with Crippen LogP contribution >= 0.6 is 0 Å². The van der Waals surface area contributed by atoms with E-state index in [0.29, 0.717) is 23.3 Å². The fourth-order valence-corrected chi connectivity index (χ4v) is 0.927. The number of methoxy groups -OCH3 is 1. The third kappa shape index (κ3) is 1.54. The Labute approximate surface area is 80.0 Å². The van der Waals surface area contributed by atoms with Crippen LogP contribution < -0.4 is 4.74 Å². The predicted molar refractivity (Wildman–Crippen MR) is 46.6 cm³/mol. The molecule has 0 N–H and O–H groups in total. The minimum absolute atomic E-state index is 0.380. The molecule has 0 aliphatic carbocycles. The van der Waals surface area contributed by atoms with E-state index >= 15 is 0 Å². The molecule has 0 spiro atoms. The van der Waals surface area contributed by atoms with E-state index < -0.39 is 0 Å². The molecule has 0 amide bonds. The first kappa shape index (κ1) is 8.61. The lowest BCUT2D eigenvalue weighted by Gasteiger charge is -1.96. The molecule has 6 heteroatoms. The summed E-state index contributed by atoms with van der Waals surface area (Å²) in [6.07, 6.45) is 3.10. The molecule has 0 aliphatic rings. The Hall–Kier alpha value is -1.98. The van der Waals surface area contributed by atoms with E-state index in [2.05, 4.69) is 20.1 Å². The van der Waals surface area contributed by atoms with E-state index in [9.17, 15) is 0 Å². The van der Waals surface area contributed by atoms with Crippen LogP contribution in [0.3, 0.4) is 0 Å². The van der Waals surface area contributed by atoms with Gasteiger partial charge in [-0.1, -0.05) is 5.16 Å². The average molecular weight is 192 g/mol. The lowest BCUT2D eigenvalue weighted by atomic mass is 10.5. The zero-order valence-electron chi connectivity index (χ0n) is 7.76. The molecule has 0 saturated heterocycles. The zero-order valence-corrected chi connectivity index (χ0v) is 7.76. The molecule has 2 heterocycles. The average Bonchev–Trinajstić information content (AvgIpc) is 2.65. The summed E-state index contributed by atoms with van der Waals surface area (Å²) in [5, 5.41) is 3.69. The summed E-state index contributed by atoms with van der Waals surface area (Å²) < 4.78 is 9.72. The van der Waals surface area contributed by atoms with Crippen molar-refractivity contribution in [3.05, 3.63) is 18.3 Å². The van der Waals surface area contributed by atoms with Crippen LogP contribution in [-0.4, -0.2) is 27.2 Å². The van der Waals surface area contributed by atoms with Crippen molar-refractivity contribution < 1.29 is 9.26 Å². The van der Waals surface area contributed by atoms with Crippen molar-refractivity contribution in [2.24, 2.45) is 0 Å². The number of nitrogens with zero attached hydrogens (tertiary/aromatic N) is 4. The first-order valence-electron chi connectivity index (χ1n) is 3.96. The highest BCUT2D eigenvalue weighted by Crippen LogP contribution is 2.12. The molecule has 0 unspecified atom stereocenters. The van der Waals surface area contributed by atoms with E-state index in [4.69, 9.17) is 9.26 Å². The van der Waals surface area contributed by atoms with Crippen molar-refractivity contribution in [3.63, 3.8) is 0 Å². The lowest BCUT2D eigenvalue weighted by molar-refractivity contribution is 0.393. The topological polar surface area (TPSA) is 73.9 Å². The van der Waals surface area contributed by atoms with E-state index in [0.717, 1.165) is 0 Å². The first-order valence-corrected chi connectivity index (χ1v) is 3.96. The summed E-state index contributed by atoms with van der Waals surface area (Å²) in [6, 6.07) is 0. The Morgan fingerprint density at radius 3 is 2.43 bits per heavy atom. The first-order chi connectivity index (χ1) is 6.79. The number of ether oxygens (including phenoxy) is 1. The van der Waals surface area contributed by atoms with Crippen LogP contribution in [0.1, 0.15) is 5.89 Å². The molecule has 0 atom stereocenters. The van der Waals surface area contributed by atoms with Crippen molar-refractivity contribution in [3.8, 4) is 17.4 Å². The summed E-state index contributed by atoms with van der Waals surface area (Å²) in [6.45, 7) is 1.71. The molecule has 0 fully saturated rings. The molecule has 0 bridgehead atoms. The van der Waals surface area contributed by atoms with Crippen molar-refractivity contribution in [1.82, 2.24) is 20.1 Å². The highest BCUT2D eigenvalue weighted by molar-refractivity contribution is 5.41. The van der Waals surface area contributed by atoms with Crippen molar-refractivity contribution in [1.29, 1.82) is 0 Å². The number of aryl methyl sites for hydroxylation is 1. The number of rotatable bonds is 2. The maximum atomic E-state index is 4.92. The van der Waals surface area contributed by atoms with Crippen molar-refractivity contribution >= 4 is 0 Å². The van der Waals surface area contributed by atoms with Gasteiger partial charge in [-0.3, -0.25) is 0 Å². The minimum atomic E-state index is 0.380. The van der Waals surface area contributed by atoms with Gasteiger partial charge in [-0.2, -0.15) is 4.98 Å². The van der Waals surface area contributed by atoms with E-state index in [1.54, 1.807) is 26.4 Å². The Kier molecular flexibility index (Phi) is 2.10. The van der Waals surface area contributed by atoms with E-state index in [1.165, 1.54) is 0 Å². The fraction of sp³-hybridized carbons (Fsp3) is 0.250. The van der Waals surface area contributed by atoms with Gasteiger partial charge < -0.3 is 9.26 Å². The molecular weight excluding hydrogens is 184 g/mol. The normalized spacial score (nSPS) is 10.1. The maximum absolute atomic E-state index is 4.92. The quantitative estimate of drug-likeness (QED) is 0.702. The lowest BCUT2D eigenvalue weighted by Crippen LogP contribution is -1.92. The van der Waals surface area contributed by atoms with E-state index in [1.807, 2.05) is 0 Å². The largest absolute Gasteiger partial charge is 0.494 e. The second-order valence-electron chi connectivity index (χ2n) is 2.58. The molecule has 6 nitrogen and oxygen atoms in total. The number of aromatic nitrogens is 4. The molecule has 0 aromatic carbocycles. The third-order valence-electron chi connectivity index (χ3n) is 1.59. The van der Waals surface area contributed by atoms with Crippen LogP contribution in [0.25, 0.3) is 11.6 Å². The van der Waals surface area contributed by atoms with Crippen LogP contribution in [-0.2, 0) is 0 Å². The Balaban J connectivity index is 2.33. The van der Waals surface area contributed by atoms with Gasteiger partial charge in [-0.05, 0) is 0 Å². The van der Waals surface area contributed by atoms with Gasteiger partial charge in [0, 0.05) is 6.92 Å². The molecule has 14 heavy (non-hydrogen) atoms. The monoisotopic (exact) mass is 192 g/mol. The smallest absolute Gasteiger partial charge is 0.240 e. The number of hydrogen-bond acceptors (Lipinski definition) is 6. The third-order valence-corrected chi connectivity index (χ3v) is 1.59. The molecule has 2 aromatic rings. The molecular formula is C8H8N4O2. The van der Waals surface area contributed by atoms with Gasteiger partial charge in [0.1, 0.15) is 0 Å². The second kappa shape index (κ2) is 3.41. The van der Waals surface area contributed by atoms with Crippen LogP contribution in [0.4, 0.5) is 0 Å². The van der Waals surface area contributed by atoms with Crippen LogP contribution in [0.2, 0.25) is 0 Å². The second-order valence-corrected chi connectivity index (χ2v) is 2.58. The predicted octanol–water partition coefficient (Wildman–Crippen LogP) is 0.844. The highest BCUT2D eigenvalue weighted by Gasteiger charge is 2.08. The van der Waals surface area contributed by atoms with Crippen molar-refractivity contribution in [2.75, 3.05) is 7.11 Å². The van der Waals surface area contributed by atoms with Crippen LogP contribution in [0.15, 0.2) is 16.9 Å². The van der Waals surface area contributed by atoms with Crippen molar-refractivity contribution in [2.45, 2.75) is 6.92 Å².